The molecular weight excluding hydrogens is 380 g/mol. The smallest absolute Gasteiger partial charge is 0.307 e. The Balaban J connectivity index is 2.17. The standard InChI is InChI=1S/C17H23ClN2O5S/c1-25-16(21)8-9-19-17(22)13-6-7-14(18)15(12-13)26(23,24)20-10-4-2-3-5-11-20/h6-7,12H,2-5,8-11H2,1H3,(H,19,22). The number of hydrogen-bond acceptors (Lipinski definition) is 5. The molecule has 0 aliphatic carbocycles. The van der Waals surface area contributed by atoms with E-state index in [9.17, 15) is 18.0 Å². The second-order valence-corrected chi connectivity index (χ2v) is 8.36. The highest BCUT2D eigenvalue weighted by atomic mass is 35.5. The number of benzene rings is 1. The summed E-state index contributed by atoms with van der Waals surface area (Å²) >= 11 is 6.11. The fourth-order valence-corrected chi connectivity index (χ4v) is 4.76. The third kappa shape index (κ3) is 5.18. The highest BCUT2D eigenvalue weighted by Crippen LogP contribution is 2.27. The molecule has 1 fully saturated rings. The Morgan fingerprint density at radius 2 is 1.85 bits per heavy atom. The molecule has 144 valence electrons. The first kappa shape index (κ1) is 20.7. The van der Waals surface area contributed by atoms with Crippen molar-refractivity contribution < 1.29 is 22.7 Å². The molecular formula is C17H23ClN2O5S. The molecule has 1 aromatic carbocycles. The number of nitrogens with zero attached hydrogens (tertiary/aromatic N) is 1. The molecule has 1 heterocycles. The number of rotatable bonds is 6. The van der Waals surface area contributed by atoms with E-state index in [0.29, 0.717) is 13.1 Å². The first-order valence-electron chi connectivity index (χ1n) is 8.51. The summed E-state index contributed by atoms with van der Waals surface area (Å²) in [5, 5.41) is 2.64. The molecule has 0 spiro atoms. The van der Waals surface area contributed by atoms with Gasteiger partial charge >= 0.3 is 5.97 Å². The van der Waals surface area contributed by atoms with Crippen LogP contribution in [0.25, 0.3) is 0 Å². The topological polar surface area (TPSA) is 92.8 Å². The molecule has 2 rings (SSSR count). The minimum absolute atomic E-state index is 0.0365. The van der Waals surface area contributed by atoms with Crippen molar-refractivity contribution in [3.8, 4) is 0 Å². The molecule has 1 aromatic rings. The largest absolute Gasteiger partial charge is 0.469 e. The molecule has 0 bridgehead atoms. The molecule has 0 atom stereocenters. The molecule has 9 heteroatoms. The van der Waals surface area contributed by atoms with Crippen LogP contribution in [0.15, 0.2) is 23.1 Å². The zero-order valence-corrected chi connectivity index (χ0v) is 16.2. The second-order valence-electron chi connectivity index (χ2n) is 6.05. The molecule has 1 N–H and O–H groups in total. The fraction of sp³-hybridized carbons (Fsp3) is 0.529. The Hall–Kier alpha value is -1.64. The third-order valence-electron chi connectivity index (χ3n) is 4.22. The Bertz CT molecular complexity index is 758. The van der Waals surface area contributed by atoms with Gasteiger partial charge in [0.1, 0.15) is 4.90 Å². The number of carbonyl (C=O) groups is 2. The minimum Gasteiger partial charge on any atom is -0.469 e. The van der Waals surface area contributed by atoms with E-state index in [1.54, 1.807) is 0 Å². The van der Waals surface area contributed by atoms with Crippen LogP contribution in [-0.4, -0.2) is 51.3 Å². The Morgan fingerprint density at radius 1 is 1.19 bits per heavy atom. The molecule has 0 aromatic heterocycles. The normalized spacial score (nSPS) is 15.9. The van der Waals surface area contributed by atoms with Crippen LogP contribution >= 0.6 is 11.6 Å². The maximum absolute atomic E-state index is 12.9. The van der Waals surface area contributed by atoms with Gasteiger partial charge in [0.25, 0.3) is 5.91 Å². The van der Waals surface area contributed by atoms with Crippen LogP contribution in [0.5, 0.6) is 0 Å². The van der Waals surface area contributed by atoms with Gasteiger partial charge in [-0.15, -0.1) is 0 Å². The summed E-state index contributed by atoms with van der Waals surface area (Å²) in [7, 11) is -2.50. The summed E-state index contributed by atoms with van der Waals surface area (Å²) in [6.45, 7) is 1.00. The zero-order valence-electron chi connectivity index (χ0n) is 14.7. The van der Waals surface area contributed by atoms with Crippen molar-refractivity contribution in [2.45, 2.75) is 37.0 Å². The van der Waals surface area contributed by atoms with Crippen molar-refractivity contribution in [2.75, 3.05) is 26.7 Å². The minimum atomic E-state index is -3.76. The second kappa shape index (κ2) is 9.34. The van der Waals surface area contributed by atoms with E-state index < -0.39 is 21.9 Å². The van der Waals surface area contributed by atoms with Crippen LogP contribution in [0.2, 0.25) is 5.02 Å². The lowest BCUT2D eigenvalue weighted by molar-refractivity contribution is -0.140. The summed E-state index contributed by atoms with van der Waals surface area (Å²) < 4.78 is 31.8. The fourth-order valence-electron chi connectivity index (χ4n) is 2.75. The molecule has 1 aliphatic rings. The van der Waals surface area contributed by atoms with Gasteiger partial charge in [0, 0.05) is 25.2 Å². The van der Waals surface area contributed by atoms with Gasteiger partial charge < -0.3 is 10.1 Å². The molecule has 1 aliphatic heterocycles. The van der Waals surface area contributed by atoms with Gasteiger partial charge in [0.15, 0.2) is 0 Å². The Kier molecular flexibility index (Phi) is 7.43. The van der Waals surface area contributed by atoms with Gasteiger partial charge in [0.2, 0.25) is 10.0 Å². The van der Waals surface area contributed by atoms with Crippen LogP contribution in [0.4, 0.5) is 0 Å². The molecule has 0 unspecified atom stereocenters. The number of carbonyl (C=O) groups excluding carboxylic acids is 2. The predicted octanol–water partition coefficient (Wildman–Crippen LogP) is 2.20. The van der Waals surface area contributed by atoms with Crippen LogP contribution in [0, 0.1) is 0 Å². The number of nitrogens with one attached hydrogen (secondary N) is 1. The van der Waals surface area contributed by atoms with E-state index in [-0.39, 0.29) is 28.4 Å². The van der Waals surface area contributed by atoms with Gasteiger partial charge in [-0.3, -0.25) is 9.59 Å². The highest BCUT2D eigenvalue weighted by Gasteiger charge is 2.28. The molecule has 0 saturated carbocycles. The molecule has 26 heavy (non-hydrogen) atoms. The van der Waals surface area contributed by atoms with Crippen molar-refractivity contribution in [2.24, 2.45) is 0 Å². The van der Waals surface area contributed by atoms with Crippen LogP contribution in [0.3, 0.4) is 0 Å². The number of methoxy groups -OCH3 is 1. The number of halogens is 1. The summed E-state index contributed by atoms with van der Waals surface area (Å²) in [4.78, 5) is 23.2. The van der Waals surface area contributed by atoms with E-state index in [1.807, 2.05) is 0 Å². The quantitative estimate of drug-likeness (QED) is 0.736. The lowest BCUT2D eigenvalue weighted by Gasteiger charge is -2.21. The molecule has 1 saturated heterocycles. The maximum atomic E-state index is 12.9. The van der Waals surface area contributed by atoms with E-state index >= 15 is 0 Å². The van der Waals surface area contributed by atoms with Gasteiger partial charge in [-0.1, -0.05) is 24.4 Å². The van der Waals surface area contributed by atoms with Gasteiger partial charge in [0.05, 0.1) is 18.6 Å². The Morgan fingerprint density at radius 3 is 2.46 bits per heavy atom. The molecule has 7 nitrogen and oxygen atoms in total. The van der Waals surface area contributed by atoms with Gasteiger partial charge in [-0.25, -0.2) is 8.42 Å². The average molecular weight is 403 g/mol. The number of hydrogen-bond donors (Lipinski definition) is 1. The first-order valence-corrected chi connectivity index (χ1v) is 10.3. The van der Waals surface area contributed by atoms with E-state index in [0.717, 1.165) is 25.7 Å². The number of sulfonamides is 1. The van der Waals surface area contributed by atoms with Crippen molar-refractivity contribution >= 4 is 33.5 Å². The van der Waals surface area contributed by atoms with E-state index in [4.69, 9.17) is 11.6 Å². The van der Waals surface area contributed by atoms with Gasteiger partial charge in [-0.2, -0.15) is 4.31 Å². The third-order valence-corrected chi connectivity index (χ3v) is 6.60. The van der Waals surface area contributed by atoms with E-state index in [1.165, 1.54) is 29.6 Å². The predicted molar refractivity (Wildman–Crippen MR) is 97.6 cm³/mol. The van der Waals surface area contributed by atoms with Crippen molar-refractivity contribution in [3.05, 3.63) is 28.8 Å². The summed E-state index contributed by atoms with van der Waals surface area (Å²) in [6, 6.07) is 4.15. The lowest BCUT2D eigenvalue weighted by atomic mass is 10.2. The molecule has 1 amide bonds. The SMILES string of the molecule is COC(=O)CCNC(=O)c1ccc(Cl)c(S(=O)(=O)N2CCCCCC2)c1. The van der Waals surface area contributed by atoms with Crippen molar-refractivity contribution in [1.29, 1.82) is 0 Å². The number of amides is 1. The number of ether oxygens (including phenoxy) is 1. The lowest BCUT2D eigenvalue weighted by Crippen LogP contribution is -2.32. The van der Waals surface area contributed by atoms with Crippen LogP contribution < -0.4 is 5.32 Å². The van der Waals surface area contributed by atoms with Crippen molar-refractivity contribution in [1.82, 2.24) is 9.62 Å². The summed E-state index contributed by atoms with van der Waals surface area (Å²) in [6.07, 6.45) is 3.66. The summed E-state index contributed by atoms with van der Waals surface area (Å²) in [5.74, 6) is -0.913. The average Bonchev–Trinajstić information content (AvgIpc) is 2.91. The summed E-state index contributed by atoms with van der Waals surface area (Å²) in [5.41, 5.74) is 0.174. The number of esters is 1. The Labute approximate surface area is 158 Å². The first-order chi connectivity index (χ1) is 12.4. The van der Waals surface area contributed by atoms with Crippen molar-refractivity contribution in [3.63, 3.8) is 0 Å². The zero-order chi connectivity index (χ0) is 19.2. The monoisotopic (exact) mass is 402 g/mol. The van der Waals surface area contributed by atoms with Crippen LogP contribution in [-0.2, 0) is 19.6 Å². The van der Waals surface area contributed by atoms with Gasteiger partial charge in [-0.05, 0) is 31.0 Å². The molecule has 0 radical (unpaired) electrons. The highest BCUT2D eigenvalue weighted by molar-refractivity contribution is 7.89. The van der Waals surface area contributed by atoms with E-state index in [2.05, 4.69) is 10.1 Å². The maximum Gasteiger partial charge on any atom is 0.307 e. The van der Waals surface area contributed by atoms with Crippen LogP contribution in [0.1, 0.15) is 42.5 Å².